The van der Waals surface area contributed by atoms with E-state index in [2.05, 4.69) is 5.32 Å². The summed E-state index contributed by atoms with van der Waals surface area (Å²) in [4.78, 5) is 11.9. The first-order valence-electron chi connectivity index (χ1n) is 6.30. The van der Waals surface area contributed by atoms with Gasteiger partial charge in [-0.25, -0.2) is 0 Å². The van der Waals surface area contributed by atoms with Crippen molar-refractivity contribution in [1.82, 2.24) is 5.32 Å². The van der Waals surface area contributed by atoms with Crippen LogP contribution in [0.5, 0.6) is 5.75 Å². The molecule has 1 atom stereocenters. The Balaban J connectivity index is 0.00000324. The van der Waals surface area contributed by atoms with E-state index in [1.807, 2.05) is 31.2 Å². The van der Waals surface area contributed by atoms with Crippen molar-refractivity contribution in [2.75, 3.05) is 20.2 Å². The third-order valence-electron chi connectivity index (χ3n) is 2.94. The van der Waals surface area contributed by atoms with Gasteiger partial charge in [-0.05, 0) is 44.0 Å². The van der Waals surface area contributed by atoms with Crippen LogP contribution in [0.1, 0.15) is 31.2 Å². The molecule has 1 amide bonds. The first kappa shape index (κ1) is 17.7. The van der Waals surface area contributed by atoms with Gasteiger partial charge in [-0.2, -0.15) is 0 Å². The number of nitrogens with two attached hydrogens (primary N) is 1. The van der Waals surface area contributed by atoms with Gasteiger partial charge < -0.3 is 15.8 Å². The standard InChI is InChI=1S/C14H22N2O2.ClH/c1-11(14(17)16-10-4-3-9-15)12-5-7-13(18-2)8-6-12;/h5-8,11H,3-4,9-10,15H2,1-2H3,(H,16,17);1H. The molecule has 0 saturated carbocycles. The topological polar surface area (TPSA) is 64.3 Å². The van der Waals surface area contributed by atoms with Crippen LogP contribution < -0.4 is 15.8 Å². The Morgan fingerprint density at radius 3 is 2.47 bits per heavy atom. The van der Waals surface area contributed by atoms with E-state index in [0.29, 0.717) is 13.1 Å². The number of benzene rings is 1. The molecule has 0 aliphatic rings. The Hall–Kier alpha value is -1.26. The van der Waals surface area contributed by atoms with Crippen molar-refractivity contribution >= 4 is 18.3 Å². The van der Waals surface area contributed by atoms with E-state index in [4.69, 9.17) is 10.5 Å². The molecule has 0 bridgehead atoms. The monoisotopic (exact) mass is 286 g/mol. The lowest BCUT2D eigenvalue weighted by Crippen LogP contribution is -2.29. The molecule has 0 aromatic heterocycles. The summed E-state index contributed by atoms with van der Waals surface area (Å²) in [5.74, 6) is 0.709. The molecule has 0 radical (unpaired) electrons. The van der Waals surface area contributed by atoms with Gasteiger partial charge in [0, 0.05) is 6.54 Å². The third-order valence-corrected chi connectivity index (χ3v) is 2.94. The number of rotatable bonds is 7. The maximum Gasteiger partial charge on any atom is 0.227 e. The van der Waals surface area contributed by atoms with E-state index >= 15 is 0 Å². The van der Waals surface area contributed by atoms with Crippen LogP contribution in [-0.4, -0.2) is 26.1 Å². The second-order valence-electron chi connectivity index (χ2n) is 4.28. The minimum Gasteiger partial charge on any atom is -0.497 e. The fraction of sp³-hybridized carbons (Fsp3) is 0.500. The van der Waals surface area contributed by atoms with Crippen molar-refractivity contribution in [2.45, 2.75) is 25.7 Å². The van der Waals surface area contributed by atoms with Crippen LogP contribution in [0.2, 0.25) is 0 Å². The summed E-state index contributed by atoms with van der Waals surface area (Å²) in [5.41, 5.74) is 6.39. The van der Waals surface area contributed by atoms with E-state index in [9.17, 15) is 4.79 Å². The highest BCUT2D eigenvalue weighted by Crippen LogP contribution is 2.19. The van der Waals surface area contributed by atoms with E-state index in [-0.39, 0.29) is 24.2 Å². The molecule has 3 N–H and O–H groups in total. The molecule has 4 nitrogen and oxygen atoms in total. The average Bonchev–Trinajstić information content (AvgIpc) is 2.42. The molecule has 0 heterocycles. The summed E-state index contributed by atoms with van der Waals surface area (Å²) < 4.78 is 5.09. The van der Waals surface area contributed by atoms with Gasteiger partial charge in [0.15, 0.2) is 0 Å². The summed E-state index contributed by atoms with van der Waals surface area (Å²) in [6.07, 6.45) is 1.87. The molecular formula is C14H23ClN2O2. The minimum atomic E-state index is -0.145. The molecule has 0 saturated heterocycles. The molecule has 0 spiro atoms. The van der Waals surface area contributed by atoms with Crippen LogP contribution >= 0.6 is 12.4 Å². The van der Waals surface area contributed by atoms with Crippen LogP contribution in [0.25, 0.3) is 0 Å². The summed E-state index contributed by atoms with van der Waals surface area (Å²) in [6, 6.07) is 7.58. The number of ether oxygens (including phenoxy) is 1. The number of carbonyl (C=O) groups excluding carboxylic acids is 1. The van der Waals surface area contributed by atoms with Gasteiger partial charge in [-0.1, -0.05) is 12.1 Å². The molecule has 0 aliphatic carbocycles. The van der Waals surface area contributed by atoms with Crippen molar-refractivity contribution in [1.29, 1.82) is 0 Å². The van der Waals surface area contributed by atoms with Crippen molar-refractivity contribution < 1.29 is 9.53 Å². The zero-order valence-corrected chi connectivity index (χ0v) is 12.3. The number of hydrogen-bond donors (Lipinski definition) is 2. The first-order valence-corrected chi connectivity index (χ1v) is 6.30. The summed E-state index contributed by atoms with van der Waals surface area (Å²) in [5, 5.41) is 2.92. The lowest BCUT2D eigenvalue weighted by molar-refractivity contribution is -0.122. The fourth-order valence-corrected chi connectivity index (χ4v) is 1.68. The van der Waals surface area contributed by atoms with Crippen LogP contribution in [0.15, 0.2) is 24.3 Å². The van der Waals surface area contributed by atoms with E-state index in [0.717, 1.165) is 24.2 Å². The predicted molar refractivity (Wildman–Crippen MR) is 80.0 cm³/mol. The zero-order chi connectivity index (χ0) is 13.4. The van der Waals surface area contributed by atoms with Crippen molar-refractivity contribution in [3.05, 3.63) is 29.8 Å². The molecule has 1 rings (SSSR count). The van der Waals surface area contributed by atoms with Gasteiger partial charge in [-0.15, -0.1) is 12.4 Å². The summed E-state index contributed by atoms with van der Waals surface area (Å²) in [6.45, 7) is 3.26. The maximum atomic E-state index is 11.9. The SMILES string of the molecule is COc1ccc(C(C)C(=O)NCCCCN)cc1.Cl. The highest BCUT2D eigenvalue weighted by Gasteiger charge is 2.14. The number of hydrogen-bond acceptors (Lipinski definition) is 3. The molecule has 0 aliphatic heterocycles. The predicted octanol–water partition coefficient (Wildman–Crippen LogP) is 2.08. The normalized spacial score (nSPS) is 11.3. The third kappa shape index (κ3) is 5.94. The Morgan fingerprint density at radius 2 is 1.95 bits per heavy atom. The quantitative estimate of drug-likeness (QED) is 0.754. The van der Waals surface area contributed by atoms with E-state index < -0.39 is 0 Å². The Labute approximate surface area is 121 Å². The lowest BCUT2D eigenvalue weighted by atomic mass is 10.0. The molecule has 1 aromatic carbocycles. The second kappa shape index (κ2) is 9.64. The van der Waals surface area contributed by atoms with Gasteiger partial charge in [-0.3, -0.25) is 4.79 Å². The van der Waals surface area contributed by atoms with Crippen LogP contribution in [-0.2, 0) is 4.79 Å². The van der Waals surface area contributed by atoms with E-state index in [1.54, 1.807) is 7.11 Å². The number of amides is 1. The molecule has 19 heavy (non-hydrogen) atoms. The van der Waals surface area contributed by atoms with Crippen molar-refractivity contribution in [3.63, 3.8) is 0 Å². The smallest absolute Gasteiger partial charge is 0.227 e. The van der Waals surface area contributed by atoms with Crippen LogP contribution in [0, 0.1) is 0 Å². The number of unbranched alkanes of at least 4 members (excludes halogenated alkanes) is 1. The fourth-order valence-electron chi connectivity index (χ4n) is 1.68. The Bertz CT molecular complexity index is 368. The average molecular weight is 287 g/mol. The van der Waals surface area contributed by atoms with Crippen molar-refractivity contribution in [3.8, 4) is 5.75 Å². The molecule has 1 aromatic rings. The van der Waals surface area contributed by atoms with Gasteiger partial charge in [0.25, 0.3) is 0 Å². The number of nitrogens with one attached hydrogen (secondary N) is 1. The number of methoxy groups -OCH3 is 1. The molecule has 0 fully saturated rings. The van der Waals surface area contributed by atoms with Crippen molar-refractivity contribution in [2.24, 2.45) is 5.73 Å². The minimum absolute atomic E-state index is 0. The summed E-state index contributed by atoms with van der Waals surface area (Å²) >= 11 is 0. The zero-order valence-electron chi connectivity index (χ0n) is 11.5. The van der Waals surface area contributed by atoms with Gasteiger partial charge in [0.1, 0.15) is 5.75 Å². The number of carbonyl (C=O) groups is 1. The summed E-state index contributed by atoms with van der Waals surface area (Å²) in [7, 11) is 1.63. The van der Waals surface area contributed by atoms with Gasteiger partial charge in [0.2, 0.25) is 5.91 Å². The van der Waals surface area contributed by atoms with Crippen LogP contribution in [0.4, 0.5) is 0 Å². The largest absolute Gasteiger partial charge is 0.497 e. The molecular weight excluding hydrogens is 264 g/mol. The molecule has 5 heteroatoms. The molecule has 1 unspecified atom stereocenters. The Kier molecular flexibility index (Phi) is 9.00. The lowest BCUT2D eigenvalue weighted by Gasteiger charge is -2.13. The highest BCUT2D eigenvalue weighted by atomic mass is 35.5. The second-order valence-corrected chi connectivity index (χ2v) is 4.28. The van der Waals surface area contributed by atoms with E-state index in [1.165, 1.54) is 0 Å². The first-order chi connectivity index (χ1) is 8.69. The van der Waals surface area contributed by atoms with Gasteiger partial charge >= 0.3 is 0 Å². The number of halogens is 1. The molecule has 108 valence electrons. The maximum absolute atomic E-state index is 11.9. The van der Waals surface area contributed by atoms with Crippen LogP contribution in [0.3, 0.4) is 0 Å². The Morgan fingerprint density at radius 1 is 1.32 bits per heavy atom. The van der Waals surface area contributed by atoms with Gasteiger partial charge in [0.05, 0.1) is 13.0 Å². The highest BCUT2D eigenvalue weighted by molar-refractivity contribution is 5.85.